The molecule has 0 saturated heterocycles. The summed E-state index contributed by atoms with van der Waals surface area (Å²) in [5.41, 5.74) is 0. The third-order valence-corrected chi connectivity index (χ3v) is 1.78. The van der Waals surface area contributed by atoms with Crippen LogP contribution in [0.5, 0.6) is 0 Å². The van der Waals surface area contributed by atoms with E-state index in [-0.39, 0.29) is 11.4 Å². The highest BCUT2D eigenvalue weighted by Crippen LogP contribution is 2.18. The molecule has 0 aliphatic carbocycles. The van der Waals surface area contributed by atoms with E-state index in [0.29, 0.717) is 5.82 Å². The second-order valence-corrected chi connectivity index (χ2v) is 2.84. The van der Waals surface area contributed by atoms with Gasteiger partial charge in [0.05, 0.1) is 0 Å². The van der Waals surface area contributed by atoms with Gasteiger partial charge in [-0.15, -0.1) is 5.10 Å². The van der Waals surface area contributed by atoms with Crippen LogP contribution in [0.3, 0.4) is 0 Å². The molecule has 0 radical (unpaired) electrons. The molecule has 0 bridgehead atoms. The maximum Gasteiger partial charge on any atom is 0.242 e. The molecule has 1 atom stereocenters. The Bertz CT molecular complexity index is 238. The second kappa shape index (κ2) is 4.42. The molecule has 0 fully saturated rings. The van der Waals surface area contributed by atoms with Gasteiger partial charge in [0, 0.05) is 7.11 Å². The van der Waals surface area contributed by atoms with E-state index >= 15 is 0 Å². The number of aromatic amines is 1. The summed E-state index contributed by atoms with van der Waals surface area (Å²) >= 11 is 5.55. The molecular weight excluding hydrogens is 178 g/mol. The van der Waals surface area contributed by atoms with E-state index in [2.05, 4.69) is 22.1 Å². The first-order chi connectivity index (χ1) is 5.77. The van der Waals surface area contributed by atoms with Crippen molar-refractivity contribution in [2.24, 2.45) is 0 Å². The lowest BCUT2D eigenvalue weighted by Crippen LogP contribution is -2.03. The van der Waals surface area contributed by atoms with Crippen LogP contribution >= 0.6 is 11.6 Å². The Balaban J connectivity index is 2.66. The minimum absolute atomic E-state index is 0.0185. The average molecular weight is 190 g/mol. The summed E-state index contributed by atoms with van der Waals surface area (Å²) in [6.45, 7) is 2.09. The molecule has 1 N–H and O–H groups in total. The molecule has 1 heterocycles. The van der Waals surface area contributed by atoms with E-state index < -0.39 is 0 Å². The Hall–Kier alpha value is -0.610. The molecule has 4 nitrogen and oxygen atoms in total. The quantitative estimate of drug-likeness (QED) is 0.788. The standard InChI is InChI=1S/C7H12ClN3O/c1-3-4-5(12-2)6-9-7(8)11-10-6/h5H,3-4H2,1-2H3,(H,9,10,11). The number of rotatable bonds is 4. The number of nitrogens with one attached hydrogen (secondary N) is 1. The lowest BCUT2D eigenvalue weighted by atomic mass is 10.2. The first kappa shape index (κ1) is 9.48. The molecule has 0 amide bonds. The largest absolute Gasteiger partial charge is 0.373 e. The Morgan fingerprint density at radius 1 is 1.67 bits per heavy atom. The first-order valence-corrected chi connectivity index (χ1v) is 4.26. The van der Waals surface area contributed by atoms with Gasteiger partial charge in [-0.2, -0.15) is 4.98 Å². The number of methoxy groups -OCH3 is 1. The van der Waals surface area contributed by atoms with Gasteiger partial charge in [0.2, 0.25) is 5.28 Å². The van der Waals surface area contributed by atoms with Gasteiger partial charge in [0.1, 0.15) is 6.10 Å². The molecule has 1 aromatic rings. The highest BCUT2D eigenvalue weighted by molar-refractivity contribution is 6.28. The molecule has 0 aliphatic heterocycles. The second-order valence-electron chi connectivity index (χ2n) is 2.50. The lowest BCUT2D eigenvalue weighted by Gasteiger charge is -2.09. The molecule has 0 spiro atoms. The van der Waals surface area contributed by atoms with Crippen molar-refractivity contribution >= 4 is 11.6 Å². The van der Waals surface area contributed by atoms with E-state index in [1.54, 1.807) is 7.11 Å². The fraction of sp³-hybridized carbons (Fsp3) is 0.714. The number of hydrogen-bond donors (Lipinski definition) is 1. The average Bonchev–Trinajstić information content (AvgIpc) is 2.47. The summed E-state index contributed by atoms with van der Waals surface area (Å²) in [6, 6.07) is 0. The van der Waals surface area contributed by atoms with E-state index in [4.69, 9.17) is 16.3 Å². The number of H-pyrrole nitrogens is 1. The Morgan fingerprint density at radius 2 is 2.42 bits per heavy atom. The zero-order chi connectivity index (χ0) is 8.97. The number of nitrogens with zero attached hydrogens (tertiary/aromatic N) is 2. The number of aromatic nitrogens is 3. The van der Waals surface area contributed by atoms with Gasteiger partial charge in [-0.05, 0) is 18.0 Å². The summed E-state index contributed by atoms with van der Waals surface area (Å²) in [5, 5.41) is 6.68. The van der Waals surface area contributed by atoms with Crippen LogP contribution in [0.1, 0.15) is 31.7 Å². The normalized spacial score (nSPS) is 13.2. The van der Waals surface area contributed by atoms with Crippen LogP contribution in [0, 0.1) is 0 Å². The predicted molar refractivity (Wildman–Crippen MR) is 46.1 cm³/mol. The summed E-state index contributed by atoms with van der Waals surface area (Å²) in [5.74, 6) is 0.698. The third kappa shape index (κ3) is 2.19. The van der Waals surface area contributed by atoms with Gasteiger partial charge in [-0.25, -0.2) is 0 Å². The summed E-state index contributed by atoms with van der Waals surface area (Å²) in [7, 11) is 1.65. The SMILES string of the molecule is CCCC(OC)c1nc(Cl)n[nH]1. The maximum absolute atomic E-state index is 5.55. The lowest BCUT2D eigenvalue weighted by molar-refractivity contribution is 0.0879. The molecular formula is C7H12ClN3O. The maximum atomic E-state index is 5.55. The van der Waals surface area contributed by atoms with Gasteiger partial charge < -0.3 is 4.74 Å². The molecule has 1 aromatic heterocycles. The minimum atomic E-state index is -0.0185. The molecule has 1 unspecified atom stereocenters. The van der Waals surface area contributed by atoms with Gasteiger partial charge in [0.25, 0.3) is 0 Å². The fourth-order valence-electron chi connectivity index (χ4n) is 1.03. The van der Waals surface area contributed by atoms with Crippen LogP contribution in [0.15, 0.2) is 0 Å². The number of halogens is 1. The smallest absolute Gasteiger partial charge is 0.242 e. The number of ether oxygens (including phenoxy) is 1. The molecule has 1 rings (SSSR count). The zero-order valence-electron chi connectivity index (χ0n) is 7.17. The summed E-state index contributed by atoms with van der Waals surface area (Å²) in [4.78, 5) is 3.97. The monoisotopic (exact) mass is 189 g/mol. The summed E-state index contributed by atoms with van der Waals surface area (Å²) < 4.78 is 5.20. The Morgan fingerprint density at radius 3 is 2.83 bits per heavy atom. The van der Waals surface area contributed by atoms with Crippen molar-refractivity contribution in [3.63, 3.8) is 0 Å². The molecule has 5 heteroatoms. The van der Waals surface area contributed by atoms with Crippen LogP contribution in [-0.4, -0.2) is 22.3 Å². The summed E-state index contributed by atoms with van der Waals surface area (Å²) in [6.07, 6.45) is 1.94. The Labute approximate surface area is 76.3 Å². The highest BCUT2D eigenvalue weighted by atomic mass is 35.5. The van der Waals surface area contributed by atoms with Crippen LogP contribution in [0.2, 0.25) is 5.28 Å². The van der Waals surface area contributed by atoms with E-state index in [1.807, 2.05) is 0 Å². The third-order valence-electron chi connectivity index (χ3n) is 1.62. The topological polar surface area (TPSA) is 50.8 Å². The zero-order valence-corrected chi connectivity index (χ0v) is 7.93. The van der Waals surface area contributed by atoms with Crippen molar-refractivity contribution in [2.45, 2.75) is 25.9 Å². The number of hydrogen-bond acceptors (Lipinski definition) is 3. The fourth-order valence-corrected chi connectivity index (χ4v) is 1.16. The first-order valence-electron chi connectivity index (χ1n) is 3.88. The molecule has 0 aromatic carbocycles. The van der Waals surface area contributed by atoms with Crippen molar-refractivity contribution in [1.29, 1.82) is 0 Å². The van der Waals surface area contributed by atoms with E-state index in [0.717, 1.165) is 12.8 Å². The van der Waals surface area contributed by atoms with Crippen molar-refractivity contribution in [3.8, 4) is 0 Å². The predicted octanol–water partition coefficient (Wildman–Crippen LogP) is 1.95. The van der Waals surface area contributed by atoms with Crippen LogP contribution in [0.25, 0.3) is 0 Å². The van der Waals surface area contributed by atoms with Crippen molar-refractivity contribution in [1.82, 2.24) is 15.2 Å². The molecule has 12 heavy (non-hydrogen) atoms. The Kier molecular flexibility index (Phi) is 3.49. The van der Waals surface area contributed by atoms with E-state index in [1.165, 1.54) is 0 Å². The van der Waals surface area contributed by atoms with Crippen LogP contribution < -0.4 is 0 Å². The van der Waals surface area contributed by atoms with Gasteiger partial charge in [-0.1, -0.05) is 13.3 Å². The van der Waals surface area contributed by atoms with Crippen LogP contribution in [-0.2, 0) is 4.74 Å². The highest BCUT2D eigenvalue weighted by Gasteiger charge is 2.13. The molecule has 68 valence electrons. The van der Waals surface area contributed by atoms with Gasteiger partial charge in [-0.3, -0.25) is 5.10 Å². The van der Waals surface area contributed by atoms with Crippen LogP contribution in [0.4, 0.5) is 0 Å². The van der Waals surface area contributed by atoms with Crippen molar-refractivity contribution in [2.75, 3.05) is 7.11 Å². The van der Waals surface area contributed by atoms with Crippen molar-refractivity contribution < 1.29 is 4.74 Å². The van der Waals surface area contributed by atoms with Gasteiger partial charge in [0.15, 0.2) is 5.82 Å². The molecule has 0 saturated carbocycles. The van der Waals surface area contributed by atoms with Gasteiger partial charge >= 0.3 is 0 Å². The minimum Gasteiger partial charge on any atom is -0.373 e. The van der Waals surface area contributed by atoms with E-state index in [9.17, 15) is 0 Å². The molecule has 0 aliphatic rings. The van der Waals surface area contributed by atoms with Crippen molar-refractivity contribution in [3.05, 3.63) is 11.1 Å².